The first-order chi connectivity index (χ1) is 12.7. The first kappa shape index (κ1) is 16.7. The summed E-state index contributed by atoms with van der Waals surface area (Å²) in [5.41, 5.74) is 0.746. The van der Waals surface area contributed by atoms with Crippen molar-refractivity contribution in [1.82, 2.24) is 9.99 Å². The largest absolute Gasteiger partial charge is 0.467 e. The first-order valence-electron chi connectivity index (χ1n) is 8.24. The Kier molecular flexibility index (Phi) is 4.62. The van der Waals surface area contributed by atoms with Gasteiger partial charge < -0.3 is 8.83 Å². The van der Waals surface area contributed by atoms with Crippen molar-refractivity contribution in [3.63, 3.8) is 0 Å². The summed E-state index contributed by atoms with van der Waals surface area (Å²) in [7, 11) is 0. The molecule has 1 aliphatic heterocycles. The molecular formula is C19H17N3O3S. The molecule has 0 radical (unpaired) electrons. The van der Waals surface area contributed by atoms with Crippen molar-refractivity contribution >= 4 is 23.4 Å². The van der Waals surface area contributed by atoms with Gasteiger partial charge in [0.2, 0.25) is 0 Å². The molecule has 1 aliphatic rings. The molecule has 3 aromatic rings. The van der Waals surface area contributed by atoms with Gasteiger partial charge in [0.15, 0.2) is 0 Å². The second-order valence-electron chi connectivity index (χ2n) is 5.89. The van der Waals surface area contributed by atoms with Crippen molar-refractivity contribution < 1.29 is 13.6 Å². The summed E-state index contributed by atoms with van der Waals surface area (Å²) in [4.78, 5) is 17.0. The molecule has 3 aromatic heterocycles. The molecule has 4 rings (SSSR count). The number of furan rings is 2. The molecule has 6 nitrogen and oxygen atoms in total. The summed E-state index contributed by atoms with van der Waals surface area (Å²) < 4.78 is 11.2. The minimum Gasteiger partial charge on any atom is -0.467 e. The van der Waals surface area contributed by atoms with Gasteiger partial charge in [-0.25, -0.2) is 9.99 Å². The van der Waals surface area contributed by atoms with E-state index in [2.05, 4.69) is 10.1 Å². The number of rotatable bonds is 5. The van der Waals surface area contributed by atoms with Crippen molar-refractivity contribution in [2.24, 2.45) is 5.10 Å². The zero-order valence-corrected chi connectivity index (χ0v) is 15.0. The summed E-state index contributed by atoms with van der Waals surface area (Å²) in [5.74, 6) is 2.37. The maximum atomic E-state index is 12.8. The maximum Gasteiger partial charge on any atom is 0.253 e. The van der Waals surface area contributed by atoms with E-state index >= 15 is 0 Å². The van der Waals surface area contributed by atoms with Crippen molar-refractivity contribution in [3.05, 3.63) is 72.2 Å². The summed E-state index contributed by atoms with van der Waals surface area (Å²) >= 11 is 1.39. The molecule has 0 aliphatic carbocycles. The zero-order chi connectivity index (χ0) is 17.9. The van der Waals surface area contributed by atoms with Crippen molar-refractivity contribution in [3.8, 4) is 0 Å². The van der Waals surface area contributed by atoms with E-state index in [0.29, 0.717) is 17.9 Å². The van der Waals surface area contributed by atoms with Gasteiger partial charge in [0, 0.05) is 12.6 Å². The summed E-state index contributed by atoms with van der Waals surface area (Å²) in [6.07, 6.45) is 3.87. The van der Waals surface area contributed by atoms with Gasteiger partial charge in [0.25, 0.3) is 5.91 Å². The van der Waals surface area contributed by atoms with E-state index in [-0.39, 0.29) is 17.7 Å². The van der Waals surface area contributed by atoms with Crippen LogP contribution in [0.4, 0.5) is 0 Å². The van der Waals surface area contributed by atoms with Crippen molar-refractivity contribution in [2.75, 3.05) is 5.75 Å². The molecule has 0 N–H and O–H groups in total. The highest BCUT2D eigenvalue weighted by atomic mass is 32.2. The molecule has 4 heterocycles. The third kappa shape index (κ3) is 3.43. The fourth-order valence-corrected chi connectivity index (χ4v) is 3.53. The number of carbonyl (C=O) groups is 1. The molecule has 26 heavy (non-hydrogen) atoms. The number of amides is 1. The third-order valence-corrected chi connectivity index (χ3v) is 4.97. The standard InChI is InChI=1S/C19H17N3O3S/c1-13-7-8-16(25-13)14-11-15(17-5-4-10-24-17)22(21-14)19(23)12-26-18-6-2-3-9-20-18/h2-10,15H,11-12H2,1H3/t15-/m1/s1. The molecular weight excluding hydrogens is 350 g/mol. The Bertz CT molecular complexity index is 919. The van der Waals surface area contributed by atoms with Gasteiger partial charge in [0.1, 0.15) is 29.0 Å². The molecule has 0 spiro atoms. The number of pyridine rings is 1. The van der Waals surface area contributed by atoms with Gasteiger partial charge in [-0.05, 0) is 43.3 Å². The summed E-state index contributed by atoms with van der Waals surface area (Å²) in [6, 6.07) is 12.8. The van der Waals surface area contributed by atoms with Crippen molar-refractivity contribution in [2.45, 2.75) is 24.4 Å². The molecule has 0 saturated heterocycles. The van der Waals surface area contributed by atoms with E-state index in [1.165, 1.54) is 16.8 Å². The first-order valence-corrected chi connectivity index (χ1v) is 9.23. The van der Waals surface area contributed by atoms with E-state index in [1.54, 1.807) is 12.5 Å². The molecule has 132 valence electrons. The predicted molar refractivity (Wildman–Crippen MR) is 97.9 cm³/mol. The van der Waals surface area contributed by atoms with E-state index in [9.17, 15) is 4.79 Å². The average molecular weight is 367 g/mol. The van der Waals surface area contributed by atoms with Crippen LogP contribution in [0.15, 0.2) is 73.9 Å². The van der Waals surface area contributed by atoms with Crippen LogP contribution in [0.1, 0.15) is 29.7 Å². The SMILES string of the molecule is Cc1ccc(C2=NN(C(=O)CSc3ccccn3)[C@@H](c3ccco3)C2)o1. The topological polar surface area (TPSA) is 71.8 Å². The number of carbonyl (C=O) groups excluding carboxylic acids is 1. The second kappa shape index (κ2) is 7.21. The minimum atomic E-state index is -0.262. The Labute approximate surface area is 154 Å². The third-order valence-electron chi connectivity index (χ3n) is 4.04. The minimum absolute atomic E-state index is 0.0969. The van der Waals surface area contributed by atoms with E-state index in [0.717, 1.165) is 16.5 Å². The maximum absolute atomic E-state index is 12.8. The monoisotopic (exact) mass is 367 g/mol. The highest BCUT2D eigenvalue weighted by Crippen LogP contribution is 2.34. The number of nitrogens with zero attached hydrogens (tertiary/aromatic N) is 3. The predicted octanol–water partition coefficient (Wildman–Crippen LogP) is 4.05. The summed E-state index contributed by atoms with van der Waals surface area (Å²) in [5, 5.41) is 6.84. The number of hydrazone groups is 1. The van der Waals surface area contributed by atoms with E-state index in [1.807, 2.05) is 49.4 Å². The van der Waals surface area contributed by atoms with Crippen LogP contribution in [0, 0.1) is 6.92 Å². The van der Waals surface area contributed by atoms with Gasteiger partial charge in [-0.2, -0.15) is 5.10 Å². The molecule has 0 aromatic carbocycles. The van der Waals surface area contributed by atoms with Crippen LogP contribution in [-0.4, -0.2) is 27.4 Å². The lowest BCUT2D eigenvalue weighted by molar-refractivity contribution is -0.130. The van der Waals surface area contributed by atoms with E-state index < -0.39 is 0 Å². The van der Waals surface area contributed by atoms with Gasteiger partial charge in [-0.15, -0.1) is 0 Å². The number of hydrogen-bond acceptors (Lipinski definition) is 6. The lowest BCUT2D eigenvalue weighted by Gasteiger charge is -2.19. The molecule has 0 saturated carbocycles. The van der Waals surface area contributed by atoms with E-state index in [4.69, 9.17) is 8.83 Å². The van der Waals surface area contributed by atoms with Gasteiger partial charge in [-0.3, -0.25) is 4.79 Å². The smallest absolute Gasteiger partial charge is 0.253 e. The number of hydrogen-bond donors (Lipinski definition) is 0. The molecule has 0 fully saturated rings. The Balaban J connectivity index is 1.55. The van der Waals surface area contributed by atoms with Crippen LogP contribution in [0.3, 0.4) is 0 Å². The Morgan fingerprint density at radius 2 is 2.19 bits per heavy atom. The number of aromatic nitrogens is 1. The lowest BCUT2D eigenvalue weighted by atomic mass is 10.1. The molecule has 7 heteroatoms. The molecule has 1 amide bonds. The Morgan fingerprint density at radius 1 is 1.27 bits per heavy atom. The number of aryl methyl sites for hydroxylation is 1. The fourth-order valence-electron chi connectivity index (χ4n) is 2.82. The zero-order valence-electron chi connectivity index (χ0n) is 14.2. The quantitative estimate of drug-likeness (QED) is 0.636. The Hall–Kier alpha value is -2.80. The highest BCUT2D eigenvalue weighted by molar-refractivity contribution is 7.99. The van der Waals surface area contributed by atoms with Crippen LogP contribution in [0.5, 0.6) is 0 Å². The van der Waals surface area contributed by atoms with Gasteiger partial charge >= 0.3 is 0 Å². The molecule has 0 bridgehead atoms. The fraction of sp³-hybridized carbons (Fsp3) is 0.211. The van der Waals surface area contributed by atoms with Crippen LogP contribution in [-0.2, 0) is 4.79 Å². The van der Waals surface area contributed by atoms with Crippen LogP contribution in [0.25, 0.3) is 0 Å². The molecule has 1 atom stereocenters. The average Bonchev–Trinajstić information content (AvgIpc) is 3.40. The van der Waals surface area contributed by atoms with Crippen LogP contribution >= 0.6 is 11.8 Å². The summed E-state index contributed by atoms with van der Waals surface area (Å²) in [6.45, 7) is 1.88. The van der Waals surface area contributed by atoms with Crippen LogP contribution < -0.4 is 0 Å². The normalized spacial score (nSPS) is 16.7. The van der Waals surface area contributed by atoms with Crippen LogP contribution in [0.2, 0.25) is 0 Å². The van der Waals surface area contributed by atoms with Gasteiger partial charge in [0.05, 0.1) is 17.0 Å². The molecule has 0 unspecified atom stereocenters. The lowest BCUT2D eigenvalue weighted by Crippen LogP contribution is -2.28. The Morgan fingerprint density at radius 3 is 2.88 bits per heavy atom. The second-order valence-corrected chi connectivity index (χ2v) is 6.88. The van der Waals surface area contributed by atoms with Gasteiger partial charge in [-0.1, -0.05) is 17.8 Å². The number of thioether (sulfide) groups is 1. The van der Waals surface area contributed by atoms with Crippen molar-refractivity contribution in [1.29, 1.82) is 0 Å². The highest BCUT2D eigenvalue weighted by Gasteiger charge is 2.35.